The van der Waals surface area contributed by atoms with Gasteiger partial charge in [0.1, 0.15) is 0 Å². The van der Waals surface area contributed by atoms with Gasteiger partial charge in [0.25, 0.3) is 0 Å². The van der Waals surface area contributed by atoms with Crippen LogP contribution in [0, 0.1) is 0 Å². The number of benzene rings is 1. The van der Waals surface area contributed by atoms with Gasteiger partial charge in [-0.05, 0) is 44.9 Å². The van der Waals surface area contributed by atoms with Crippen molar-refractivity contribution in [1.82, 2.24) is 10.2 Å². The lowest BCUT2D eigenvalue weighted by Crippen LogP contribution is -2.66. The fourth-order valence-electron chi connectivity index (χ4n) is 2.55. The monoisotopic (exact) mass is 280 g/mol. The lowest BCUT2D eigenvalue weighted by atomic mass is 9.88. The minimum absolute atomic E-state index is 0.189. The fourth-order valence-corrected chi connectivity index (χ4v) is 2.68. The molecule has 2 rings (SSSR count). The molecule has 3 heteroatoms. The summed E-state index contributed by atoms with van der Waals surface area (Å²) < 4.78 is 0. The van der Waals surface area contributed by atoms with Crippen molar-refractivity contribution in [3.8, 4) is 0 Å². The average Bonchev–Trinajstić information content (AvgIpc) is 2.37. The zero-order valence-corrected chi connectivity index (χ0v) is 13.2. The molecule has 1 aromatic rings. The lowest BCUT2D eigenvalue weighted by Gasteiger charge is -2.50. The van der Waals surface area contributed by atoms with E-state index in [0.29, 0.717) is 0 Å². The highest BCUT2D eigenvalue weighted by molar-refractivity contribution is 6.30. The minimum atomic E-state index is 0.189. The summed E-state index contributed by atoms with van der Waals surface area (Å²) >= 11 is 5.95. The zero-order chi connectivity index (χ0) is 14.1. The van der Waals surface area contributed by atoms with Crippen LogP contribution in [0.1, 0.15) is 39.7 Å². The molecule has 1 heterocycles. The summed E-state index contributed by atoms with van der Waals surface area (Å²) in [5, 5.41) is 4.50. The Hall–Kier alpha value is -0.570. The summed E-state index contributed by atoms with van der Waals surface area (Å²) in [7, 11) is 0. The molecule has 1 aromatic carbocycles. The predicted molar refractivity (Wildman–Crippen MR) is 82.6 cm³/mol. The molecule has 0 saturated carbocycles. The molecular weight excluding hydrogens is 256 g/mol. The molecule has 1 aliphatic rings. The van der Waals surface area contributed by atoms with Crippen molar-refractivity contribution >= 4 is 11.6 Å². The lowest BCUT2D eigenvalue weighted by molar-refractivity contribution is 0.0246. The van der Waals surface area contributed by atoms with Gasteiger partial charge in [0.15, 0.2) is 0 Å². The van der Waals surface area contributed by atoms with Gasteiger partial charge in [-0.2, -0.15) is 0 Å². The molecule has 0 aromatic heterocycles. The van der Waals surface area contributed by atoms with Crippen LogP contribution in [-0.2, 0) is 6.54 Å². The van der Waals surface area contributed by atoms with Crippen molar-refractivity contribution < 1.29 is 0 Å². The van der Waals surface area contributed by atoms with E-state index in [2.05, 4.69) is 50.0 Å². The number of nitrogens with one attached hydrogen (secondary N) is 1. The molecule has 106 valence electrons. The van der Waals surface area contributed by atoms with Gasteiger partial charge in [-0.15, -0.1) is 0 Å². The van der Waals surface area contributed by atoms with Crippen LogP contribution in [0.3, 0.4) is 0 Å². The number of piperazine rings is 1. The third-order valence-corrected chi connectivity index (χ3v) is 4.66. The van der Waals surface area contributed by atoms with Gasteiger partial charge in [-0.25, -0.2) is 0 Å². The van der Waals surface area contributed by atoms with Crippen molar-refractivity contribution in [3.05, 3.63) is 34.9 Å². The summed E-state index contributed by atoms with van der Waals surface area (Å²) in [4.78, 5) is 2.58. The molecule has 0 aliphatic carbocycles. The Bertz CT molecular complexity index is 427. The van der Waals surface area contributed by atoms with E-state index in [9.17, 15) is 0 Å². The molecule has 2 nitrogen and oxygen atoms in total. The summed E-state index contributed by atoms with van der Waals surface area (Å²) in [6.45, 7) is 12.3. The van der Waals surface area contributed by atoms with E-state index in [1.165, 1.54) is 5.56 Å². The molecule has 0 amide bonds. The second-order valence-corrected chi connectivity index (χ2v) is 7.00. The molecule has 0 spiro atoms. The molecule has 1 unspecified atom stereocenters. The van der Waals surface area contributed by atoms with Gasteiger partial charge >= 0.3 is 0 Å². The van der Waals surface area contributed by atoms with Crippen molar-refractivity contribution in [3.63, 3.8) is 0 Å². The van der Waals surface area contributed by atoms with Crippen LogP contribution in [0.15, 0.2) is 24.3 Å². The third-order valence-electron chi connectivity index (χ3n) is 4.41. The van der Waals surface area contributed by atoms with Crippen LogP contribution in [0.2, 0.25) is 5.02 Å². The predicted octanol–water partition coefficient (Wildman–Crippen LogP) is 3.69. The molecule has 1 atom stereocenters. The first-order valence-corrected chi connectivity index (χ1v) is 7.47. The molecule has 1 fully saturated rings. The van der Waals surface area contributed by atoms with E-state index in [1.807, 2.05) is 12.1 Å². The number of hydrogen-bond donors (Lipinski definition) is 1. The van der Waals surface area contributed by atoms with Crippen LogP contribution < -0.4 is 5.32 Å². The normalized spacial score (nSPS) is 27.4. The second kappa shape index (κ2) is 5.43. The van der Waals surface area contributed by atoms with Crippen molar-refractivity contribution in [2.24, 2.45) is 0 Å². The van der Waals surface area contributed by atoms with Gasteiger partial charge in [0.2, 0.25) is 0 Å². The standard InChI is InChI=1S/C16H25ClN2/c1-5-16(4)12-19(15(2,3)11-18-16)10-13-6-8-14(17)9-7-13/h6-9,18H,5,10-12H2,1-4H3. The van der Waals surface area contributed by atoms with Crippen LogP contribution >= 0.6 is 11.6 Å². The molecule has 1 aliphatic heterocycles. The van der Waals surface area contributed by atoms with Crippen LogP contribution in [0.4, 0.5) is 0 Å². The second-order valence-electron chi connectivity index (χ2n) is 6.56. The Balaban J connectivity index is 2.13. The van der Waals surface area contributed by atoms with Crippen molar-refractivity contribution in [1.29, 1.82) is 0 Å². The number of halogens is 1. The maximum Gasteiger partial charge on any atom is 0.0406 e. The molecular formula is C16H25ClN2. The van der Waals surface area contributed by atoms with Gasteiger partial charge in [-0.1, -0.05) is 30.7 Å². The van der Waals surface area contributed by atoms with E-state index in [1.54, 1.807) is 0 Å². The summed E-state index contributed by atoms with van der Waals surface area (Å²) in [5.74, 6) is 0. The first-order chi connectivity index (χ1) is 8.85. The first kappa shape index (κ1) is 14.8. The Morgan fingerprint density at radius 1 is 1.21 bits per heavy atom. The van der Waals surface area contributed by atoms with Crippen LogP contribution in [0.25, 0.3) is 0 Å². The van der Waals surface area contributed by atoms with E-state index < -0.39 is 0 Å². The number of rotatable bonds is 3. The third kappa shape index (κ3) is 3.50. The van der Waals surface area contributed by atoms with E-state index in [4.69, 9.17) is 11.6 Å². The van der Waals surface area contributed by atoms with Crippen molar-refractivity contribution in [2.75, 3.05) is 13.1 Å². The Morgan fingerprint density at radius 3 is 2.42 bits per heavy atom. The van der Waals surface area contributed by atoms with Crippen LogP contribution in [0.5, 0.6) is 0 Å². The summed E-state index contributed by atoms with van der Waals surface area (Å²) in [6, 6.07) is 8.21. The molecule has 19 heavy (non-hydrogen) atoms. The van der Waals surface area contributed by atoms with E-state index in [0.717, 1.165) is 31.1 Å². The zero-order valence-electron chi connectivity index (χ0n) is 12.5. The largest absolute Gasteiger partial charge is 0.308 e. The molecule has 0 radical (unpaired) electrons. The van der Waals surface area contributed by atoms with Crippen molar-refractivity contribution in [2.45, 2.75) is 51.7 Å². The highest BCUT2D eigenvalue weighted by atomic mass is 35.5. The quantitative estimate of drug-likeness (QED) is 0.908. The molecule has 0 bridgehead atoms. The topological polar surface area (TPSA) is 15.3 Å². The highest BCUT2D eigenvalue weighted by Gasteiger charge is 2.38. The Kier molecular flexibility index (Phi) is 4.24. The summed E-state index contributed by atoms with van der Waals surface area (Å²) in [6.07, 6.45) is 1.15. The minimum Gasteiger partial charge on any atom is -0.308 e. The first-order valence-electron chi connectivity index (χ1n) is 7.09. The maximum absolute atomic E-state index is 5.95. The number of nitrogens with zero attached hydrogens (tertiary/aromatic N) is 1. The number of hydrogen-bond acceptors (Lipinski definition) is 2. The fraction of sp³-hybridized carbons (Fsp3) is 0.625. The smallest absolute Gasteiger partial charge is 0.0406 e. The van der Waals surface area contributed by atoms with Gasteiger partial charge < -0.3 is 5.32 Å². The highest BCUT2D eigenvalue weighted by Crippen LogP contribution is 2.27. The van der Waals surface area contributed by atoms with Crippen LogP contribution in [-0.4, -0.2) is 29.1 Å². The van der Waals surface area contributed by atoms with Gasteiger partial charge in [-0.3, -0.25) is 4.90 Å². The summed E-state index contributed by atoms with van der Waals surface area (Å²) in [5.41, 5.74) is 1.74. The van der Waals surface area contributed by atoms with Gasteiger partial charge in [0.05, 0.1) is 0 Å². The Labute approximate surface area is 122 Å². The van der Waals surface area contributed by atoms with Gasteiger partial charge in [0, 0.05) is 35.7 Å². The van der Waals surface area contributed by atoms with E-state index in [-0.39, 0.29) is 11.1 Å². The van der Waals surface area contributed by atoms with E-state index >= 15 is 0 Å². The maximum atomic E-state index is 5.95. The SMILES string of the molecule is CCC1(C)CN(Cc2ccc(Cl)cc2)C(C)(C)CN1. The molecule has 1 saturated heterocycles. The average molecular weight is 281 g/mol. The Morgan fingerprint density at radius 2 is 1.84 bits per heavy atom. The molecule has 1 N–H and O–H groups in total.